The van der Waals surface area contributed by atoms with Crippen molar-refractivity contribution in [3.8, 4) is 5.75 Å². The van der Waals surface area contributed by atoms with Crippen molar-refractivity contribution in [3.05, 3.63) is 83.4 Å². The average Bonchev–Trinajstić information content (AvgIpc) is 2.75. The van der Waals surface area contributed by atoms with Gasteiger partial charge in [0.25, 0.3) is 15.9 Å². The van der Waals surface area contributed by atoms with E-state index in [4.69, 9.17) is 4.74 Å². The number of benzene rings is 3. The molecule has 0 aromatic heterocycles. The molecule has 1 atom stereocenters. The molecule has 0 radical (unpaired) electrons. The SMILES string of the molecule is Cc1ccc(S(=O)(=O)N2C[C@@H](C(=O)Nc3ccc(F)c(F)c3)Oc3cc(C)ccc32)cc1. The minimum Gasteiger partial charge on any atom is -0.476 e. The molecule has 0 fully saturated rings. The van der Waals surface area contributed by atoms with Gasteiger partial charge in [-0.3, -0.25) is 9.10 Å². The molecule has 6 nitrogen and oxygen atoms in total. The van der Waals surface area contributed by atoms with Crippen LogP contribution in [0.4, 0.5) is 20.2 Å². The van der Waals surface area contributed by atoms with E-state index in [0.717, 1.165) is 27.6 Å². The number of halogens is 2. The van der Waals surface area contributed by atoms with Gasteiger partial charge in [0.05, 0.1) is 17.1 Å². The highest BCUT2D eigenvalue weighted by molar-refractivity contribution is 7.92. The van der Waals surface area contributed by atoms with Gasteiger partial charge in [0.15, 0.2) is 17.7 Å². The molecule has 166 valence electrons. The normalized spacial score (nSPS) is 15.6. The van der Waals surface area contributed by atoms with Gasteiger partial charge in [-0.1, -0.05) is 23.8 Å². The Morgan fingerprint density at radius 2 is 1.66 bits per heavy atom. The van der Waals surface area contributed by atoms with E-state index in [9.17, 15) is 22.0 Å². The van der Waals surface area contributed by atoms with Crippen molar-refractivity contribution in [2.75, 3.05) is 16.2 Å². The molecule has 0 spiro atoms. The number of aryl methyl sites for hydroxylation is 2. The third-order valence-corrected chi connectivity index (χ3v) is 6.87. The minimum absolute atomic E-state index is 0.0282. The number of fused-ring (bicyclic) bond motifs is 1. The second-order valence-electron chi connectivity index (χ2n) is 7.55. The summed E-state index contributed by atoms with van der Waals surface area (Å²) in [4.78, 5) is 12.9. The van der Waals surface area contributed by atoms with Crippen LogP contribution in [0.25, 0.3) is 0 Å². The molecule has 1 aliphatic heterocycles. The predicted octanol–water partition coefficient (Wildman–Crippen LogP) is 4.18. The highest BCUT2D eigenvalue weighted by Gasteiger charge is 2.37. The number of hydrogen-bond acceptors (Lipinski definition) is 4. The Balaban J connectivity index is 1.69. The van der Waals surface area contributed by atoms with Crippen molar-refractivity contribution in [2.45, 2.75) is 24.8 Å². The van der Waals surface area contributed by atoms with E-state index in [1.807, 2.05) is 13.8 Å². The number of hydrogen-bond donors (Lipinski definition) is 1. The number of amides is 1. The summed E-state index contributed by atoms with van der Waals surface area (Å²) >= 11 is 0. The van der Waals surface area contributed by atoms with Gasteiger partial charge in [0.2, 0.25) is 0 Å². The largest absolute Gasteiger partial charge is 0.476 e. The van der Waals surface area contributed by atoms with Gasteiger partial charge in [0.1, 0.15) is 5.75 Å². The Hall–Kier alpha value is -3.46. The van der Waals surface area contributed by atoms with Crippen LogP contribution in [0, 0.1) is 25.5 Å². The zero-order valence-corrected chi connectivity index (χ0v) is 18.1. The number of rotatable bonds is 4. The van der Waals surface area contributed by atoms with Crippen molar-refractivity contribution < 1.29 is 26.7 Å². The number of carbonyl (C=O) groups is 1. The maximum absolute atomic E-state index is 13.5. The summed E-state index contributed by atoms with van der Waals surface area (Å²) in [6, 6.07) is 14.3. The molecule has 1 aliphatic rings. The Bertz CT molecular complexity index is 1290. The number of anilines is 2. The Labute approximate surface area is 184 Å². The van der Waals surface area contributed by atoms with Gasteiger partial charge in [-0.05, 0) is 55.8 Å². The van der Waals surface area contributed by atoms with E-state index in [0.29, 0.717) is 5.69 Å². The summed E-state index contributed by atoms with van der Waals surface area (Å²) in [5.74, 6) is -2.61. The van der Waals surface area contributed by atoms with Gasteiger partial charge in [-0.15, -0.1) is 0 Å². The molecule has 3 aromatic carbocycles. The van der Waals surface area contributed by atoms with Crippen molar-refractivity contribution in [3.63, 3.8) is 0 Å². The van der Waals surface area contributed by atoms with E-state index < -0.39 is 33.7 Å². The van der Waals surface area contributed by atoms with Crippen molar-refractivity contribution >= 4 is 27.3 Å². The van der Waals surface area contributed by atoms with Gasteiger partial charge >= 0.3 is 0 Å². The summed E-state index contributed by atoms with van der Waals surface area (Å²) in [7, 11) is -3.99. The molecule has 32 heavy (non-hydrogen) atoms. The Morgan fingerprint density at radius 3 is 2.34 bits per heavy atom. The van der Waals surface area contributed by atoms with Gasteiger partial charge in [0, 0.05) is 11.8 Å². The predicted molar refractivity (Wildman–Crippen MR) is 116 cm³/mol. The molecule has 1 heterocycles. The monoisotopic (exact) mass is 458 g/mol. The average molecular weight is 458 g/mol. The topological polar surface area (TPSA) is 75.7 Å². The first kappa shape index (κ1) is 21.8. The first-order valence-electron chi connectivity index (χ1n) is 9.78. The van der Waals surface area contributed by atoms with E-state index in [1.165, 1.54) is 18.2 Å². The quantitative estimate of drug-likeness (QED) is 0.637. The Kier molecular flexibility index (Phi) is 5.60. The van der Waals surface area contributed by atoms with Crippen LogP contribution in [-0.2, 0) is 14.8 Å². The van der Waals surface area contributed by atoms with Crippen LogP contribution in [0.2, 0.25) is 0 Å². The molecular formula is C23H20F2N2O4S. The van der Waals surface area contributed by atoms with Gasteiger partial charge < -0.3 is 10.1 Å². The van der Waals surface area contributed by atoms with Crippen LogP contribution in [0.3, 0.4) is 0 Å². The lowest BCUT2D eigenvalue weighted by Crippen LogP contribution is -2.48. The number of ether oxygens (including phenoxy) is 1. The summed E-state index contributed by atoms with van der Waals surface area (Å²) in [6.45, 7) is 3.37. The fourth-order valence-corrected chi connectivity index (χ4v) is 4.84. The molecule has 3 aromatic rings. The summed E-state index contributed by atoms with van der Waals surface area (Å²) in [6.07, 6.45) is -1.21. The summed E-state index contributed by atoms with van der Waals surface area (Å²) < 4.78 is 60.4. The van der Waals surface area contributed by atoms with E-state index in [2.05, 4.69) is 5.32 Å². The van der Waals surface area contributed by atoms with Crippen molar-refractivity contribution in [2.24, 2.45) is 0 Å². The molecule has 0 aliphatic carbocycles. The standard InChI is InChI=1S/C23H20F2N2O4S/c1-14-3-7-17(8-4-14)32(29,30)27-13-22(31-21-11-15(2)5-10-20(21)27)23(28)26-16-6-9-18(24)19(25)12-16/h3-12,22H,13H2,1-2H3,(H,26,28)/t22-/m0/s1. The van der Waals surface area contributed by atoms with Crippen molar-refractivity contribution in [1.29, 1.82) is 0 Å². The maximum Gasteiger partial charge on any atom is 0.267 e. The number of carbonyl (C=O) groups excluding carboxylic acids is 1. The van der Waals surface area contributed by atoms with Gasteiger partial charge in [-0.25, -0.2) is 17.2 Å². The van der Waals surface area contributed by atoms with Crippen LogP contribution < -0.4 is 14.4 Å². The van der Waals surface area contributed by atoms with E-state index in [-0.39, 0.29) is 22.9 Å². The lowest BCUT2D eigenvalue weighted by Gasteiger charge is -2.35. The third-order valence-electron chi connectivity index (χ3n) is 5.07. The first-order valence-corrected chi connectivity index (χ1v) is 11.2. The molecule has 1 N–H and O–H groups in total. The highest BCUT2D eigenvalue weighted by Crippen LogP contribution is 2.38. The summed E-state index contributed by atoms with van der Waals surface area (Å²) in [5, 5.41) is 2.45. The maximum atomic E-state index is 13.5. The Morgan fingerprint density at radius 1 is 0.969 bits per heavy atom. The summed E-state index contributed by atoms with van der Waals surface area (Å²) in [5.41, 5.74) is 2.07. The van der Waals surface area contributed by atoms with Gasteiger partial charge in [-0.2, -0.15) is 0 Å². The fraction of sp³-hybridized carbons (Fsp3) is 0.174. The van der Waals surface area contributed by atoms with E-state index >= 15 is 0 Å². The molecular weight excluding hydrogens is 438 g/mol. The second-order valence-corrected chi connectivity index (χ2v) is 9.41. The van der Waals surface area contributed by atoms with Crippen molar-refractivity contribution in [1.82, 2.24) is 0 Å². The molecule has 1 amide bonds. The lowest BCUT2D eigenvalue weighted by atomic mass is 10.1. The third kappa shape index (κ3) is 4.16. The van der Waals surface area contributed by atoms with Crippen LogP contribution in [0.5, 0.6) is 5.75 Å². The fourth-order valence-electron chi connectivity index (χ4n) is 3.36. The zero-order chi connectivity index (χ0) is 23.0. The van der Waals surface area contributed by atoms with Crippen LogP contribution in [0.15, 0.2) is 65.6 Å². The lowest BCUT2D eigenvalue weighted by molar-refractivity contribution is -0.122. The van der Waals surface area contributed by atoms with Crippen LogP contribution in [0.1, 0.15) is 11.1 Å². The smallest absolute Gasteiger partial charge is 0.267 e. The number of nitrogens with one attached hydrogen (secondary N) is 1. The zero-order valence-electron chi connectivity index (χ0n) is 17.3. The number of sulfonamides is 1. The molecule has 0 unspecified atom stereocenters. The van der Waals surface area contributed by atoms with E-state index in [1.54, 1.807) is 30.3 Å². The highest BCUT2D eigenvalue weighted by atomic mass is 32.2. The first-order chi connectivity index (χ1) is 15.1. The molecule has 0 saturated heterocycles. The minimum atomic E-state index is -3.99. The molecule has 0 bridgehead atoms. The number of nitrogens with zero attached hydrogens (tertiary/aromatic N) is 1. The second kappa shape index (κ2) is 8.23. The molecule has 4 rings (SSSR count). The van der Waals surface area contributed by atoms with Crippen LogP contribution >= 0.6 is 0 Å². The van der Waals surface area contributed by atoms with Crippen LogP contribution in [-0.4, -0.2) is 27.0 Å². The molecule has 0 saturated carbocycles. The molecule has 9 heteroatoms.